The molecule has 0 amide bonds. The minimum Gasteiger partial charge on any atom is -0.394 e. The Balaban J connectivity index is 1.48. The molecule has 1 aromatic carbocycles. The number of nitrogens with zero attached hydrogens (tertiary/aromatic N) is 3. The Morgan fingerprint density at radius 3 is 2.63 bits per heavy atom. The van der Waals surface area contributed by atoms with Crippen molar-refractivity contribution in [3.63, 3.8) is 0 Å². The zero-order valence-electron chi connectivity index (χ0n) is 16.1. The van der Waals surface area contributed by atoms with Gasteiger partial charge < -0.3 is 15.3 Å². The van der Waals surface area contributed by atoms with Gasteiger partial charge >= 0.3 is 0 Å². The van der Waals surface area contributed by atoms with Crippen molar-refractivity contribution in [3.8, 4) is 0 Å². The van der Waals surface area contributed by atoms with E-state index in [1.807, 2.05) is 0 Å². The van der Waals surface area contributed by atoms with E-state index in [9.17, 15) is 5.11 Å². The summed E-state index contributed by atoms with van der Waals surface area (Å²) in [5.74, 6) is 3.21. The number of hydrogen-bond acceptors (Lipinski definition) is 5. The molecule has 5 nitrogen and oxygen atoms in total. The van der Waals surface area contributed by atoms with Gasteiger partial charge in [-0.05, 0) is 36.3 Å². The number of nitrogens with one attached hydrogen (secondary N) is 1. The zero-order valence-corrected chi connectivity index (χ0v) is 16.1. The summed E-state index contributed by atoms with van der Waals surface area (Å²) in [6, 6.07) is 11.5. The number of hydrogen-bond donors (Lipinski definition) is 2. The Morgan fingerprint density at radius 1 is 1.15 bits per heavy atom. The SMILES string of the molecule is CC(C)[C@@H](CO)Nc1nc(C2CC2)cc(N2C[C@H]3C[C@H]2c2ccccc23)n1. The van der Waals surface area contributed by atoms with Crippen LogP contribution in [0.25, 0.3) is 0 Å². The van der Waals surface area contributed by atoms with Crippen molar-refractivity contribution >= 4 is 11.8 Å². The Kier molecular flexibility index (Phi) is 4.08. The van der Waals surface area contributed by atoms with Gasteiger partial charge in [0.1, 0.15) is 5.82 Å². The van der Waals surface area contributed by atoms with Crippen molar-refractivity contribution in [1.82, 2.24) is 9.97 Å². The predicted molar refractivity (Wildman–Crippen MR) is 107 cm³/mol. The average molecular weight is 364 g/mol. The van der Waals surface area contributed by atoms with Crippen LogP contribution in [-0.2, 0) is 0 Å². The lowest BCUT2D eigenvalue weighted by atomic mass is 9.99. The molecule has 1 saturated carbocycles. The molecule has 2 heterocycles. The van der Waals surface area contributed by atoms with Crippen LogP contribution < -0.4 is 10.2 Å². The number of rotatable bonds is 6. The predicted octanol–water partition coefficient (Wildman–Crippen LogP) is 3.83. The molecule has 2 bridgehead atoms. The van der Waals surface area contributed by atoms with Crippen LogP contribution >= 0.6 is 0 Å². The summed E-state index contributed by atoms with van der Waals surface area (Å²) in [6.07, 6.45) is 3.63. The lowest BCUT2D eigenvalue weighted by molar-refractivity contribution is 0.248. The van der Waals surface area contributed by atoms with Crippen molar-refractivity contribution in [2.45, 2.75) is 57.0 Å². The highest BCUT2D eigenvalue weighted by molar-refractivity contribution is 5.56. The van der Waals surface area contributed by atoms with E-state index in [2.05, 4.69) is 54.4 Å². The Labute approximate surface area is 160 Å². The fourth-order valence-electron chi connectivity index (χ4n) is 4.64. The van der Waals surface area contributed by atoms with E-state index in [4.69, 9.17) is 9.97 Å². The number of anilines is 2. The largest absolute Gasteiger partial charge is 0.394 e. The Bertz CT molecular complexity index is 848. The molecule has 1 aliphatic heterocycles. The molecule has 3 aliphatic rings. The highest BCUT2D eigenvalue weighted by atomic mass is 16.3. The molecule has 142 valence electrons. The second kappa shape index (κ2) is 6.48. The summed E-state index contributed by atoms with van der Waals surface area (Å²) in [7, 11) is 0. The summed E-state index contributed by atoms with van der Waals surface area (Å²) in [4.78, 5) is 12.1. The minimum absolute atomic E-state index is 0.0249. The second-order valence-corrected chi connectivity index (χ2v) is 8.66. The first-order valence-corrected chi connectivity index (χ1v) is 10.3. The average Bonchev–Trinajstić information content (AvgIpc) is 3.36. The van der Waals surface area contributed by atoms with Crippen LogP contribution in [-0.4, -0.2) is 34.3 Å². The highest BCUT2D eigenvalue weighted by Crippen LogP contribution is 2.51. The number of aliphatic hydroxyl groups is 1. The molecule has 5 rings (SSSR count). The second-order valence-electron chi connectivity index (χ2n) is 8.66. The van der Waals surface area contributed by atoms with E-state index in [-0.39, 0.29) is 12.6 Å². The maximum Gasteiger partial charge on any atom is 0.225 e. The summed E-state index contributed by atoms with van der Waals surface area (Å²) < 4.78 is 0. The van der Waals surface area contributed by atoms with Gasteiger partial charge in [0.15, 0.2) is 0 Å². The fourth-order valence-corrected chi connectivity index (χ4v) is 4.64. The summed E-state index contributed by atoms with van der Waals surface area (Å²) >= 11 is 0. The first-order valence-electron chi connectivity index (χ1n) is 10.3. The van der Waals surface area contributed by atoms with Crippen LogP contribution in [0.2, 0.25) is 0 Å². The highest BCUT2D eigenvalue weighted by Gasteiger charge is 2.43. The van der Waals surface area contributed by atoms with Crippen molar-refractivity contribution in [2.24, 2.45) is 5.92 Å². The van der Waals surface area contributed by atoms with Crippen LogP contribution in [0.15, 0.2) is 30.3 Å². The summed E-state index contributed by atoms with van der Waals surface area (Å²) in [5.41, 5.74) is 4.14. The number of aromatic nitrogens is 2. The topological polar surface area (TPSA) is 61.3 Å². The van der Waals surface area contributed by atoms with Crippen LogP contribution in [0, 0.1) is 5.92 Å². The minimum atomic E-state index is -0.0249. The number of aliphatic hydroxyl groups excluding tert-OH is 1. The van der Waals surface area contributed by atoms with Gasteiger partial charge in [-0.25, -0.2) is 4.98 Å². The molecule has 2 N–H and O–H groups in total. The number of fused-ring (bicyclic) bond motifs is 5. The molecule has 1 aromatic heterocycles. The molecule has 5 heteroatoms. The van der Waals surface area contributed by atoms with E-state index in [0.29, 0.717) is 29.7 Å². The standard InChI is InChI=1S/C22H28N4O/c1-13(2)19(12-27)24-22-23-18(14-7-8-14)10-21(25-22)26-11-15-9-20(26)17-6-4-3-5-16(15)17/h3-6,10,13-15,19-20,27H,7-9,11-12H2,1-2H3,(H,23,24,25)/t15-,19-,20+/m1/s1. The van der Waals surface area contributed by atoms with Crippen LogP contribution in [0.4, 0.5) is 11.8 Å². The lowest BCUT2D eigenvalue weighted by Gasteiger charge is -2.31. The third kappa shape index (κ3) is 2.98. The van der Waals surface area contributed by atoms with Gasteiger partial charge in [-0.1, -0.05) is 38.1 Å². The Morgan fingerprint density at radius 2 is 1.93 bits per heavy atom. The summed E-state index contributed by atoms with van der Waals surface area (Å²) in [5, 5.41) is 13.1. The molecule has 0 radical (unpaired) electrons. The molecule has 0 spiro atoms. The van der Waals surface area contributed by atoms with E-state index in [1.54, 1.807) is 0 Å². The van der Waals surface area contributed by atoms with Gasteiger partial charge in [-0.3, -0.25) is 0 Å². The van der Waals surface area contributed by atoms with Gasteiger partial charge in [0.05, 0.1) is 24.4 Å². The van der Waals surface area contributed by atoms with E-state index in [1.165, 1.54) is 30.4 Å². The summed E-state index contributed by atoms with van der Waals surface area (Å²) in [6.45, 7) is 5.34. The first kappa shape index (κ1) is 17.0. The molecule has 3 atom stereocenters. The normalized spacial score (nSPS) is 24.4. The molecule has 1 saturated heterocycles. The van der Waals surface area contributed by atoms with E-state index >= 15 is 0 Å². The quantitative estimate of drug-likeness (QED) is 0.816. The molecule has 27 heavy (non-hydrogen) atoms. The van der Waals surface area contributed by atoms with E-state index < -0.39 is 0 Å². The van der Waals surface area contributed by atoms with Crippen molar-refractivity contribution < 1.29 is 5.11 Å². The molecule has 2 aromatic rings. The third-order valence-corrected chi connectivity index (χ3v) is 6.43. The van der Waals surface area contributed by atoms with Crippen molar-refractivity contribution in [1.29, 1.82) is 0 Å². The van der Waals surface area contributed by atoms with Crippen LogP contribution in [0.5, 0.6) is 0 Å². The smallest absolute Gasteiger partial charge is 0.225 e. The van der Waals surface area contributed by atoms with Crippen molar-refractivity contribution in [2.75, 3.05) is 23.4 Å². The number of benzene rings is 1. The maximum atomic E-state index is 9.70. The Hall–Kier alpha value is -2.14. The van der Waals surface area contributed by atoms with Gasteiger partial charge in [0, 0.05) is 24.4 Å². The van der Waals surface area contributed by atoms with Crippen LogP contribution in [0.3, 0.4) is 0 Å². The van der Waals surface area contributed by atoms with Gasteiger partial charge in [0.25, 0.3) is 0 Å². The van der Waals surface area contributed by atoms with Gasteiger partial charge in [-0.2, -0.15) is 4.98 Å². The molecular formula is C22H28N4O. The monoisotopic (exact) mass is 364 g/mol. The molecular weight excluding hydrogens is 336 g/mol. The first-order chi connectivity index (χ1) is 13.1. The molecule has 2 aliphatic carbocycles. The van der Waals surface area contributed by atoms with E-state index in [0.717, 1.165) is 18.1 Å². The molecule has 0 unspecified atom stereocenters. The zero-order chi connectivity index (χ0) is 18.5. The lowest BCUT2D eigenvalue weighted by Crippen LogP contribution is -2.32. The van der Waals surface area contributed by atoms with Gasteiger partial charge in [-0.15, -0.1) is 0 Å². The molecule has 2 fully saturated rings. The van der Waals surface area contributed by atoms with Crippen LogP contribution in [0.1, 0.15) is 67.8 Å². The fraction of sp³-hybridized carbons (Fsp3) is 0.545. The van der Waals surface area contributed by atoms with Crippen molar-refractivity contribution in [3.05, 3.63) is 47.2 Å². The van der Waals surface area contributed by atoms with Gasteiger partial charge in [0.2, 0.25) is 5.95 Å². The maximum absolute atomic E-state index is 9.70. The third-order valence-electron chi connectivity index (χ3n) is 6.43.